The number of carbonyl (C=O) groups excluding carboxylic acids is 2. The van der Waals surface area contributed by atoms with Gasteiger partial charge in [-0.1, -0.05) is 78.1 Å². The summed E-state index contributed by atoms with van der Waals surface area (Å²) in [5, 5.41) is 3.70. The van der Waals surface area contributed by atoms with Gasteiger partial charge in [0.2, 0.25) is 11.8 Å². The first kappa shape index (κ1) is 31.7. The van der Waals surface area contributed by atoms with Gasteiger partial charge < -0.3 is 10.2 Å². The van der Waals surface area contributed by atoms with Crippen molar-refractivity contribution in [2.75, 3.05) is 10.8 Å². The van der Waals surface area contributed by atoms with Crippen LogP contribution in [0.2, 0.25) is 15.1 Å². The van der Waals surface area contributed by atoms with E-state index >= 15 is 0 Å². The van der Waals surface area contributed by atoms with Crippen LogP contribution in [-0.4, -0.2) is 43.3 Å². The molecular formula is C29H32Cl3N3O4S. The molecule has 3 rings (SSSR count). The highest BCUT2D eigenvalue weighted by Gasteiger charge is 2.35. The van der Waals surface area contributed by atoms with Gasteiger partial charge in [0.15, 0.2) is 0 Å². The Morgan fingerprint density at radius 2 is 1.40 bits per heavy atom. The first-order valence-electron chi connectivity index (χ1n) is 12.6. The second-order valence-electron chi connectivity index (χ2n) is 10.2. The molecule has 0 unspecified atom stereocenters. The molecule has 0 aromatic heterocycles. The van der Waals surface area contributed by atoms with E-state index in [0.29, 0.717) is 15.6 Å². The molecule has 0 aliphatic heterocycles. The van der Waals surface area contributed by atoms with E-state index in [1.807, 2.05) is 20.8 Å². The van der Waals surface area contributed by atoms with E-state index in [9.17, 15) is 18.0 Å². The highest BCUT2D eigenvalue weighted by molar-refractivity contribution is 7.92. The first-order valence-corrected chi connectivity index (χ1v) is 15.2. The Morgan fingerprint density at radius 1 is 0.850 bits per heavy atom. The predicted octanol–water partition coefficient (Wildman–Crippen LogP) is 6.56. The molecule has 214 valence electrons. The molecular weight excluding hydrogens is 593 g/mol. The molecule has 0 bridgehead atoms. The third-order valence-electron chi connectivity index (χ3n) is 6.01. The molecule has 0 fully saturated rings. The van der Waals surface area contributed by atoms with Gasteiger partial charge in [0.25, 0.3) is 10.0 Å². The summed E-state index contributed by atoms with van der Waals surface area (Å²) in [7, 11) is -4.23. The molecule has 0 aliphatic rings. The SMILES string of the molecule is CC[C@H](C(=O)NC(C)(C)C)N(Cc1c(Cl)cccc1Cl)C(=O)CN(c1ccccc1Cl)S(=O)(=O)c1ccccc1. The molecule has 3 aromatic carbocycles. The Balaban J connectivity index is 2.12. The number of hydrogen-bond acceptors (Lipinski definition) is 4. The number of para-hydroxylation sites is 1. The highest BCUT2D eigenvalue weighted by atomic mass is 35.5. The summed E-state index contributed by atoms with van der Waals surface area (Å²) in [5.74, 6) is -1.02. The second-order valence-corrected chi connectivity index (χ2v) is 13.2. The van der Waals surface area contributed by atoms with Crippen molar-refractivity contribution >= 4 is 62.3 Å². The molecule has 40 heavy (non-hydrogen) atoms. The normalized spacial score (nSPS) is 12.5. The molecule has 0 aliphatic carbocycles. The summed E-state index contributed by atoms with van der Waals surface area (Å²) >= 11 is 19.3. The van der Waals surface area contributed by atoms with Crippen LogP contribution in [0.5, 0.6) is 0 Å². The maximum absolute atomic E-state index is 14.1. The van der Waals surface area contributed by atoms with Crippen molar-refractivity contribution in [2.45, 2.75) is 57.1 Å². The van der Waals surface area contributed by atoms with Gasteiger partial charge >= 0.3 is 0 Å². The zero-order valence-corrected chi connectivity index (χ0v) is 25.8. The number of benzene rings is 3. The average molecular weight is 625 g/mol. The Bertz CT molecular complexity index is 1440. The van der Waals surface area contributed by atoms with E-state index < -0.39 is 34.1 Å². The smallest absolute Gasteiger partial charge is 0.264 e. The third kappa shape index (κ3) is 7.69. The Morgan fingerprint density at radius 3 is 1.95 bits per heavy atom. The van der Waals surface area contributed by atoms with Crippen LogP contribution >= 0.6 is 34.8 Å². The van der Waals surface area contributed by atoms with Crippen molar-refractivity contribution in [1.82, 2.24) is 10.2 Å². The van der Waals surface area contributed by atoms with E-state index in [1.54, 1.807) is 61.5 Å². The predicted molar refractivity (Wildman–Crippen MR) is 161 cm³/mol. The highest BCUT2D eigenvalue weighted by Crippen LogP contribution is 2.32. The Hall–Kier alpha value is -2.78. The van der Waals surface area contributed by atoms with Crippen LogP contribution in [0, 0.1) is 0 Å². The van der Waals surface area contributed by atoms with Crippen LogP contribution < -0.4 is 9.62 Å². The standard InChI is InChI=1S/C29H32Cl3N3O4S/c1-5-25(28(37)33-29(2,3)4)34(18-21-22(30)15-11-16-23(21)31)27(36)19-35(26-17-10-9-14-24(26)32)40(38,39)20-12-7-6-8-13-20/h6-17,25H,5,18-19H2,1-4H3,(H,33,37)/t25-/m1/s1. The molecule has 0 saturated heterocycles. The summed E-state index contributed by atoms with van der Waals surface area (Å²) in [6.07, 6.45) is 0.257. The van der Waals surface area contributed by atoms with Crippen LogP contribution in [0.15, 0.2) is 77.7 Å². The number of sulfonamides is 1. The van der Waals surface area contributed by atoms with E-state index in [2.05, 4.69) is 5.32 Å². The van der Waals surface area contributed by atoms with Gasteiger partial charge in [-0.2, -0.15) is 0 Å². The molecule has 2 amide bonds. The van der Waals surface area contributed by atoms with Crippen molar-refractivity contribution in [3.05, 3.63) is 93.4 Å². The molecule has 0 heterocycles. The number of rotatable bonds is 10. The molecule has 11 heteroatoms. The summed E-state index contributed by atoms with van der Waals surface area (Å²) in [6.45, 7) is 6.53. The molecule has 0 saturated carbocycles. The fourth-order valence-electron chi connectivity index (χ4n) is 4.11. The lowest BCUT2D eigenvalue weighted by atomic mass is 10.1. The lowest BCUT2D eigenvalue weighted by molar-refractivity contribution is -0.141. The van der Waals surface area contributed by atoms with E-state index in [0.717, 1.165) is 4.31 Å². The number of nitrogens with one attached hydrogen (secondary N) is 1. The largest absolute Gasteiger partial charge is 0.350 e. The van der Waals surface area contributed by atoms with Crippen LogP contribution in [0.4, 0.5) is 5.69 Å². The van der Waals surface area contributed by atoms with E-state index in [-0.39, 0.29) is 34.5 Å². The molecule has 1 N–H and O–H groups in total. The van der Waals surface area contributed by atoms with Gasteiger partial charge in [-0.15, -0.1) is 0 Å². The zero-order valence-electron chi connectivity index (χ0n) is 22.7. The van der Waals surface area contributed by atoms with E-state index in [4.69, 9.17) is 34.8 Å². The first-order chi connectivity index (χ1) is 18.8. The number of nitrogens with zero attached hydrogens (tertiary/aromatic N) is 2. The van der Waals surface area contributed by atoms with Crippen molar-refractivity contribution in [1.29, 1.82) is 0 Å². The van der Waals surface area contributed by atoms with Crippen molar-refractivity contribution < 1.29 is 18.0 Å². The summed E-state index contributed by atoms with van der Waals surface area (Å²) in [6, 6.07) is 18.1. The minimum Gasteiger partial charge on any atom is -0.350 e. The van der Waals surface area contributed by atoms with Crippen LogP contribution in [0.1, 0.15) is 39.7 Å². The van der Waals surface area contributed by atoms with Crippen LogP contribution in [0.25, 0.3) is 0 Å². The Kier molecular flexibility index (Phi) is 10.5. The molecule has 3 aromatic rings. The maximum atomic E-state index is 14.1. The quantitative estimate of drug-likeness (QED) is 0.277. The lowest BCUT2D eigenvalue weighted by Gasteiger charge is -2.35. The molecule has 7 nitrogen and oxygen atoms in total. The van der Waals surface area contributed by atoms with Crippen molar-refractivity contribution in [3.63, 3.8) is 0 Å². The number of amides is 2. The summed E-state index contributed by atoms with van der Waals surface area (Å²) in [5.41, 5.74) is 0.00213. The maximum Gasteiger partial charge on any atom is 0.264 e. The summed E-state index contributed by atoms with van der Waals surface area (Å²) < 4.78 is 28.7. The van der Waals surface area contributed by atoms with Crippen LogP contribution in [-0.2, 0) is 26.2 Å². The molecule has 0 spiro atoms. The third-order valence-corrected chi connectivity index (χ3v) is 8.81. The van der Waals surface area contributed by atoms with Gasteiger partial charge in [0.05, 0.1) is 15.6 Å². The van der Waals surface area contributed by atoms with Gasteiger partial charge in [-0.05, 0) is 63.6 Å². The van der Waals surface area contributed by atoms with Crippen molar-refractivity contribution in [3.8, 4) is 0 Å². The fraction of sp³-hybridized carbons (Fsp3) is 0.310. The number of hydrogen-bond donors (Lipinski definition) is 1. The number of anilines is 1. The Labute approximate surface area is 251 Å². The molecule has 1 atom stereocenters. The van der Waals surface area contributed by atoms with Crippen molar-refractivity contribution in [2.24, 2.45) is 0 Å². The average Bonchev–Trinajstić information content (AvgIpc) is 2.88. The van der Waals surface area contributed by atoms with Gasteiger partial charge in [0.1, 0.15) is 12.6 Å². The number of halogens is 3. The number of carbonyl (C=O) groups is 2. The van der Waals surface area contributed by atoms with Gasteiger partial charge in [0, 0.05) is 27.7 Å². The topological polar surface area (TPSA) is 86.8 Å². The van der Waals surface area contributed by atoms with Gasteiger partial charge in [-0.3, -0.25) is 13.9 Å². The minimum absolute atomic E-state index is 0.0130. The second kappa shape index (κ2) is 13.3. The monoisotopic (exact) mass is 623 g/mol. The zero-order chi connectivity index (χ0) is 29.7. The fourth-order valence-corrected chi connectivity index (χ4v) is 6.37. The minimum atomic E-state index is -4.23. The van der Waals surface area contributed by atoms with Crippen LogP contribution in [0.3, 0.4) is 0 Å². The van der Waals surface area contributed by atoms with Gasteiger partial charge in [-0.25, -0.2) is 8.42 Å². The summed E-state index contributed by atoms with van der Waals surface area (Å²) in [4.78, 5) is 28.8. The van der Waals surface area contributed by atoms with E-state index in [1.165, 1.54) is 23.1 Å². The molecule has 0 radical (unpaired) electrons. The lowest BCUT2D eigenvalue weighted by Crippen LogP contribution is -2.55.